The lowest BCUT2D eigenvalue weighted by Gasteiger charge is -2.17. The molecule has 7 nitrogen and oxygen atoms in total. The highest BCUT2D eigenvalue weighted by molar-refractivity contribution is 6.30. The van der Waals surface area contributed by atoms with Crippen molar-refractivity contribution in [3.8, 4) is 0 Å². The molecule has 130 valence electrons. The number of hydrogen-bond acceptors (Lipinski definition) is 4. The minimum atomic E-state index is -1.07. The zero-order valence-electron chi connectivity index (χ0n) is 13.1. The Kier molecular flexibility index (Phi) is 4.59. The maximum atomic E-state index is 12.4. The van der Waals surface area contributed by atoms with Gasteiger partial charge in [0.05, 0.1) is 17.4 Å². The van der Waals surface area contributed by atoms with Crippen molar-refractivity contribution in [1.29, 1.82) is 0 Å². The van der Waals surface area contributed by atoms with Gasteiger partial charge in [-0.2, -0.15) is 0 Å². The van der Waals surface area contributed by atoms with Gasteiger partial charge in [0.15, 0.2) is 0 Å². The number of benzene rings is 1. The number of fused-ring (bicyclic) bond motifs is 1. The molecule has 1 fully saturated rings. The number of amides is 3. The molecular weight excluding hydrogens is 348 g/mol. The third-order valence-corrected chi connectivity index (χ3v) is 4.69. The van der Waals surface area contributed by atoms with Crippen LogP contribution >= 0.6 is 11.6 Å². The van der Waals surface area contributed by atoms with E-state index >= 15 is 0 Å². The Morgan fingerprint density at radius 3 is 2.44 bits per heavy atom. The molecule has 0 bridgehead atoms. The molecule has 25 heavy (non-hydrogen) atoms. The fourth-order valence-corrected chi connectivity index (χ4v) is 3.35. The van der Waals surface area contributed by atoms with Crippen LogP contribution in [0.25, 0.3) is 0 Å². The lowest BCUT2D eigenvalue weighted by molar-refractivity contribution is -0.142. The number of carbonyl (C=O) groups excluding carboxylic acids is 3. The number of aromatic carboxylic acids is 1. The minimum absolute atomic E-state index is 0.0938. The molecule has 2 aliphatic rings. The number of halogens is 1. The number of rotatable bonds is 4. The van der Waals surface area contributed by atoms with Crippen molar-refractivity contribution in [3.63, 3.8) is 0 Å². The first-order chi connectivity index (χ1) is 11.9. The van der Waals surface area contributed by atoms with Crippen molar-refractivity contribution in [3.05, 3.63) is 40.9 Å². The van der Waals surface area contributed by atoms with E-state index in [1.54, 1.807) is 6.08 Å². The van der Waals surface area contributed by atoms with Crippen molar-refractivity contribution in [2.75, 3.05) is 11.9 Å². The Morgan fingerprint density at radius 2 is 1.80 bits per heavy atom. The molecule has 2 N–H and O–H groups in total. The van der Waals surface area contributed by atoms with E-state index in [1.165, 1.54) is 24.3 Å². The van der Waals surface area contributed by atoms with E-state index in [9.17, 15) is 19.2 Å². The number of imide groups is 1. The summed E-state index contributed by atoms with van der Waals surface area (Å²) in [6.45, 7) is -0.372. The second kappa shape index (κ2) is 6.68. The van der Waals surface area contributed by atoms with Gasteiger partial charge in [-0.15, -0.1) is 0 Å². The van der Waals surface area contributed by atoms with Gasteiger partial charge in [-0.05, 0) is 37.1 Å². The first-order valence-corrected chi connectivity index (χ1v) is 8.07. The molecule has 1 heterocycles. The van der Waals surface area contributed by atoms with E-state index < -0.39 is 23.7 Å². The summed E-state index contributed by atoms with van der Waals surface area (Å²) >= 11 is 5.95. The molecule has 0 aromatic heterocycles. The molecule has 3 amide bonds. The van der Waals surface area contributed by atoms with E-state index in [4.69, 9.17) is 16.7 Å². The van der Waals surface area contributed by atoms with Gasteiger partial charge < -0.3 is 10.4 Å². The van der Waals surface area contributed by atoms with Gasteiger partial charge in [0.1, 0.15) is 6.54 Å². The lowest BCUT2D eigenvalue weighted by atomic mass is 9.85. The van der Waals surface area contributed by atoms with Crippen LogP contribution in [-0.4, -0.2) is 40.2 Å². The van der Waals surface area contributed by atoms with Crippen LogP contribution in [0.1, 0.15) is 23.2 Å². The quantitative estimate of drug-likeness (QED) is 0.795. The van der Waals surface area contributed by atoms with Crippen molar-refractivity contribution >= 4 is 41.0 Å². The molecular formula is C17H15ClN2O5. The van der Waals surface area contributed by atoms with Crippen LogP contribution < -0.4 is 5.32 Å². The summed E-state index contributed by atoms with van der Waals surface area (Å²) in [5.74, 6) is -3.27. The average molecular weight is 363 g/mol. The van der Waals surface area contributed by atoms with Crippen molar-refractivity contribution in [2.24, 2.45) is 11.8 Å². The SMILES string of the molecule is O=C(CN1C(=O)C2CC=C(Cl)CC2C1=O)Nc1ccc(C(=O)O)cc1. The van der Waals surface area contributed by atoms with Gasteiger partial charge in [0.2, 0.25) is 17.7 Å². The highest BCUT2D eigenvalue weighted by Crippen LogP contribution is 2.38. The number of nitrogens with one attached hydrogen (secondary N) is 1. The van der Waals surface area contributed by atoms with Crippen LogP contribution in [-0.2, 0) is 14.4 Å². The second-order valence-electron chi connectivity index (χ2n) is 6.00. The van der Waals surface area contributed by atoms with Gasteiger partial charge in [0.25, 0.3) is 0 Å². The number of likely N-dealkylation sites (tertiary alicyclic amines) is 1. The van der Waals surface area contributed by atoms with Crippen LogP contribution in [0.2, 0.25) is 0 Å². The molecule has 8 heteroatoms. The molecule has 1 aromatic carbocycles. The molecule has 1 aromatic rings. The number of carboxylic acid groups (broad SMARTS) is 1. The van der Waals surface area contributed by atoms with E-state index in [0.29, 0.717) is 23.6 Å². The Bertz CT molecular complexity index is 787. The Morgan fingerprint density at radius 1 is 1.16 bits per heavy atom. The molecule has 3 rings (SSSR count). The molecule has 2 atom stereocenters. The van der Waals surface area contributed by atoms with Gasteiger partial charge in [0, 0.05) is 10.7 Å². The molecule has 0 radical (unpaired) electrons. The van der Waals surface area contributed by atoms with E-state index in [-0.39, 0.29) is 23.9 Å². The molecule has 2 unspecified atom stereocenters. The number of carbonyl (C=O) groups is 4. The first kappa shape index (κ1) is 17.2. The van der Waals surface area contributed by atoms with Gasteiger partial charge in [-0.25, -0.2) is 4.79 Å². The maximum Gasteiger partial charge on any atom is 0.335 e. The zero-order chi connectivity index (χ0) is 18.1. The normalized spacial score (nSPS) is 22.4. The van der Waals surface area contributed by atoms with Crippen LogP contribution in [0, 0.1) is 11.8 Å². The summed E-state index contributed by atoms with van der Waals surface area (Å²) in [5, 5.41) is 12.0. The molecule has 1 aliphatic carbocycles. The summed E-state index contributed by atoms with van der Waals surface area (Å²) in [7, 11) is 0. The minimum Gasteiger partial charge on any atom is -0.478 e. The number of carboxylic acids is 1. The number of allylic oxidation sites excluding steroid dienone is 2. The van der Waals surface area contributed by atoms with Crippen molar-refractivity contribution in [2.45, 2.75) is 12.8 Å². The van der Waals surface area contributed by atoms with Crippen molar-refractivity contribution < 1.29 is 24.3 Å². The average Bonchev–Trinajstić information content (AvgIpc) is 2.80. The summed E-state index contributed by atoms with van der Waals surface area (Å²) < 4.78 is 0. The van der Waals surface area contributed by atoms with Crippen LogP contribution in [0.15, 0.2) is 35.4 Å². The summed E-state index contributed by atoms with van der Waals surface area (Å²) in [4.78, 5) is 48.6. The fourth-order valence-electron chi connectivity index (χ4n) is 3.09. The highest BCUT2D eigenvalue weighted by Gasteiger charge is 2.48. The third kappa shape index (κ3) is 3.41. The van der Waals surface area contributed by atoms with Crippen LogP contribution in [0.4, 0.5) is 5.69 Å². The smallest absolute Gasteiger partial charge is 0.335 e. The molecule has 0 spiro atoms. The van der Waals surface area contributed by atoms with Gasteiger partial charge >= 0.3 is 5.97 Å². The predicted octanol–water partition coefficient (Wildman–Crippen LogP) is 1.84. The van der Waals surface area contributed by atoms with Crippen LogP contribution in [0.3, 0.4) is 0 Å². The number of anilines is 1. The molecule has 0 saturated carbocycles. The summed E-state index contributed by atoms with van der Waals surface area (Å²) in [5.41, 5.74) is 0.479. The maximum absolute atomic E-state index is 12.4. The number of hydrogen-bond donors (Lipinski definition) is 2. The van der Waals surface area contributed by atoms with Gasteiger partial charge in [-0.1, -0.05) is 17.7 Å². The van der Waals surface area contributed by atoms with Gasteiger partial charge in [-0.3, -0.25) is 19.3 Å². The summed E-state index contributed by atoms with van der Waals surface area (Å²) in [6.07, 6.45) is 2.47. The monoisotopic (exact) mass is 362 g/mol. The largest absolute Gasteiger partial charge is 0.478 e. The fraction of sp³-hybridized carbons (Fsp3) is 0.294. The number of nitrogens with zero attached hydrogens (tertiary/aromatic N) is 1. The molecule has 1 aliphatic heterocycles. The Hall–Kier alpha value is -2.67. The zero-order valence-corrected chi connectivity index (χ0v) is 13.8. The molecule has 1 saturated heterocycles. The second-order valence-corrected chi connectivity index (χ2v) is 6.48. The van der Waals surface area contributed by atoms with E-state index in [1.807, 2.05) is 0 Å². The Labute approximate surface area is 148 Å². The topological polar surface area (TPSA) is 104 Å². The lowest BCUT2D eigenvalue weighted by Crippen LogP contribution is -2.38. The predicted molar refractivity (Wildman–Crippen MR) is 88.9 cm³/mol. The van der Waals surface area contributed by atoms with E-state index in [0.717, 1.165) is 4.90 Å². The standard InChI is InChI=1S/C17H15ClN2O5/c18-10-3-6-12-13(7-10)16(23)20(15(12)22)8-14(21)19-11-4-1-9(2-5-11)17(24)25/h1-5,12-13H,6-8H2,(H,19,21)(H,24,25). The third-order valence-electron chi connectivity index (χ3n) is 4.38. The summed E-state index contributed by atoms with van der Waals surface area (Å²) in [6, 6.07) is 5.59. The van der Waals surface area contributed by atoms with Crippen LogP contribution in [0.5, 0.6) is 0 Å². The van der Waals surface area contributed by atoms with Crippen molar-refractivity contribution in [1.82, 2.24) is 4.90 Å². The highest BCUT2D eigenvalue weighted by atomic mass is 35.5. The first-order valence-electron chi connectivity index (χ1n) is 7.70. The van der Waals surface area contributed by atoms with E-state index in [2.05, 4.69) is 5.32 Å². The Balaban J connectivity index is 1.64.